The van der Waals surface area contributed by atoms with Gasteiger partial charge in [-0.25, -0.2) is 21.0 Å². The molecule has 1 radical (unpaired) electrons. The van der Waals surface area contributed by atoms with E-state index < -0.39 is 11.9 Å². The second-order valence-electron chi connectivity index (χ2n) is 4.33. The number of carbonyl (C=O) groups is 3. The number of allylic oxidation sites excluding steroid dienone is 1. The normalized spacial score (nSPS) is 6.81. The zero-order valence-electron chi connectivity index (χ0n) is 15.7. The fourth-order valence-corrected chi connectivity index (χ4v) is 0.174. The van der Waals surface area contributed by atoms with Gasteiger partial charge in [0.2, 0.25) is 0 Å². The van der Waals surface area contributed by atoms with Crippen molar-refractivity contribution in [3.05, 3.63) is 48.6 Å². The maximum absolute atomic E-state index is 10.2. The Kier molecular flexibility index (Phi) is 39.9. The number of rotatable bonds is 4. The van der Waals surface area contributed by atoms with E-state index in [1.807, 2.05) is 0 Å². The molecule has 0 atom stereocenters. The number of ether oxygens (including phenoxy) is 1. The number of hydrogen-bond donors (Lipinski definition) is 2. The van der Waals surface area contributed by atoms with Crippen LogP contribution in [-0.4, -0.2) is 41.5 Å². The summed E-state index contributed by atoms with van der Waals surface area (Å²) in [6.07, 6.45) is 1.58. The van der Waals surface area contributed by atoms with Gasteiger partial charge in [-0.05, 0) is 27.1 Å². The molecule has 0 unspecified atom stereocenters. The molecule has 0 rings (SSSR count). The van der Waals surface area contributed by atoms with Crippen molar-refractivity contribution in [1.82, 2.24) is 0 Å². The molecule has 145 valence electrons. The quantitative estimate of drug-likeness (QED) is 0.284. The number of carbonyl (C=O) groups excluding carboxylic acids is 2. The number of carboxylic acid groups (broad SMARTS) is 2. The van der Waals surface area contributed by atoms with E-state index in [9.17, 15) is 19.2 Å². The topological polar surface area (TPSA) is 118 Å². The van der Waals surface area contributed by atoms with E-state index in [0.717, 1.165) is 0 Å². The Morgan fingerprint density at radius 2 is 1.00 bits per heavy atom. The maximum Gasteiger partial charge on any atom is 0.332 e. The first kappa shape index (κ1) is 39.8. The van der Waals surface area contributed by atoms with Crippen LogP contribution in [-0.2, 0) is 77.7 Å². The molecule has 9 heteroatoms. The summed E-state index contributed by atoms with van der Waals surface area (Å²) in [5, 5.41) is 15.8. The molecule has 0 saturated carbocycles. The molecule has 0 aliphatic heterocycles. The molecule has 0 saturated heterocycles. The van der Waals surface area contributed by atoms with E-state index in [-0.39, 0.29) is 70.9 Å². The molecule has 2 N–H and O–H groups in total. The minimum absolute atomic E-state index is 0. The van der Waals surface area contributed by atoms with Crippen molar-refractivity contribution in [2.24, 2.45) is 0 Å². The number of carboxylic acids is 2. The van der Waals surface area contributed by atoms with Crippen LogP contribution in [0.25, 0.3) is 0 Å². The molecule has 0 aliphatic carbocycles. The number of esters is 1. The first-order valence-electron chi connectivity index (χ1n) is 6.29. The van der Waals surface area contributed by atoms with E-state index in [1.165, 1.54) is 21.0 Å². The van der Waals surface area contributed by atoms with Gasteiger partial charge in [-0.1, -0.05) is 26.7 Å². The number of hydrogen-bond acceptors (Lipinski definition) is 5. The summed E-state index contributed by atoms with van der Waals surface area (Å²) in [5.74, 6) is -2.22. The van der Waals surface area contributed by atoms with E-state index in [1.54, 1.807) is 20.1 Å². The Hall–Kier alpha value is -1.17. The summed E-state index contributed by atoms with van der Waals surface area (Å²) >= 11 is 0. The largest absolute Gasteiger partial charge is 0.478 e. The van der Waals surface area contributed by atoms with Gasteiger partial charge >= 0.3 is 17.9 Å². The van der Waals surface area contributed by atoms with Crippen LogP contribution in [0.1, 0.15) is 27.7 Å². The molecule has 0 aromatic carbocycles. The summed E-state index contributed by atoms with van der Waals surface area (Å²) in [4.78, 5) is 38.7. The monoisotopic (exact) mass is 614 g/mol. The van der Waals surface area contributed by atoms with Crippen molar-refractivity contribution in [2.75, 3.05) is 7.11 Å². The predicted octanol–water partition coefficient (Wildman–Crippen LogP) is 2.70. The molecule has 0 bridgehead atoms. The van der Waals surface area contributed by atoms with Crippen LogP contribution >= 0.6 is 0 Å². The third kappa shape index (κ3) is 49.5. The third-order valence-corrected chi connectivity index (χ3v) is 1.44. The van der Waals surface area contributed by atoms with E-state index in [4.69, 9.17) is 10.2 Å². The van der Waals surface area contributed by atoms with Gasteiger partial charge in [-0.2, -0.15) is 5.57 Å². The molecule has 7 nitrogen and oxygen atoms in total. The van der Waals surface area contributed by atoms with Crippen molar-refractivity contribution >= 4 is 24.2 Å². The van der Waals surface area contributed by atoms with Crippen molar-refractivity contribution in [3.63, 3.8) is 0 Å². The average molecular weight is 614 g/mol. The predicted molar refractivity (Wildman–Crippen MR) is 92.2 cm³/mol. The van der Waals surface area contributed by atoms with Crippen molar-refractivity contribution in [1.29, 1.82) is 0 Å². The van der Waals surface area contributed by atoms with Gasteiger partial charge in [0.25, 0.3) is 0 Å². The Bertz CT molecular complexity index is 463. The number of methoxy groups -OCH3 is 1. The minimum atomic E-state index is -0.935. The van der Waals surface area contributed by atoms with Gasteiger partial charge in [0.15, 0.2) is 0 Å². The second-order valence-corrected chi connectivity index (χ2v) is 4.33. The van der Waals surface area contributed by atoms with Crippen molar-refractivity contribution in [3.8, 4) is 0 Å². The zero-order valence-corrected chi connectivity index (χ0v) is 21.5. The zero-order chi connectivity index (χ0) is 20.5. The van der Waals surface area contributed by atoms with Gasteiger partial charge in [0.05, 0.1) is 7.11 Å². The van der Waals surface area contributed by atoms with Crippen molar-refractivity contribution < 1.29 is 87.9 Å². The second kappa shape index (κ2) is 26.1. The Morgan fingerprint density at radius 3 is 1.00 bits per heavy atom. The summed E-state index contributed by atoms with van der Waals surface area (Å²) in [7, 11) is 1.33. The van der Waals surface area contributed by atoms with Crippen LogP contribution in [0.15, 0.2) is 48.6 Å². The molecule has 0 aromatic rings. The molecule has 0 aromatic heterocycles. The average Bonchev–Trinajstić information content (AvgIpc) is 2.47. The van der Waals surface area contributed by atoms with Crippen LogP contribution in [0.3, 0.4) is 0 Å². The first-order chi connectivity index (χ1) is 10.7. The minimum Gasteiger partial charge on any atom is -0.478 e. The molecule has 0 spiro atoms. The summed E-state index contributed by atoms with van der Waals surface area (Å²) < 4.78 is 4.27. The number of aliphatic carboxylic acids is 2. The fourth-order valence-electron chi connectivity index (χ4n) is 0.174. The molecule has 0 fully saturated rings. The van der Waals surface area contributed by atoms with Crippen LogP contribution in [0, 0.1) is 0 Å². The fraction of sp³-hybridized carbons (Fsp3) is 0.294. The van der Waals surface area contributed by atoms with Crippen LogP contribution < -0.4 is 0 Å². The van der Waals surface area contributed by atoms with Gasteiger partial charge < -0.3 is 19.7 Å². The molecule has 0 heterocycles. The van der Waals surface area contributed by atoms with Gasteiger partial charge in [0.1, 0.15) is 0 Å². The molecule has 26 heavy (non-hydrogen) atoms. The molecular weight excluding hydrogens is 589 g/mol. The van der Waals surface area contributed by atoms with E-state index >= 15 is 0 Å². The van der Waals surface area contributed by atoms with E-state index in [2.05, 4.69) is 31.1 Å². The molecule has 0 aliphatic rings. The van der Waals surface area contributed by atoms with Gasteiger partial charge in [-0.3, -0.25) is 0 Å². The van der Waals surface area contributed by atoms with Gasteiger partial charge in [-0.15, -0.1) is 0 Å². The van der Waals surface area contributed by atoms with Crippen LogP contribution in [0.4, 0.5) is 0 Å². The molecular formula is C17H25O7WY-. The van der Waals surface area contributed by atoms with Gasteiger partial charge in [0, 0.05) is 70.5 Å². The first-order valence-corrected chi connectivity index (χ1v) is 6.29. The third-order valence-electron chi connectivity index (χ3n) is 1.44. The summed E-state index contributed by atoms with van der Waals surface area (Å²) in [6.45, 7) is 19.0. The standard InChI is InChI=1S/C5H8O2.2C4H6O2.C4H5O.W.Y/c1-4(2)5(6)7-3;2*1-3(2)4(5)6;1-4(2)3-5;;/h1H2,2-3H3;2*1H2,2H3,(H,5,6);1H2,2H3;;/q;;;-1;;. The van der Waals surface area contributed by atoms with E-state index in [0.29, 0.717) is 11.1 Å². The maximum atomic E-state index is 10.2. The SMILES string of the molecule is C=C(C)C(=O)O.C=C(C)C(=O)O.C=C(C)C(=O)OC.C=C(C)[C-]=O.[W].[Y]. The van der Waals surface area contributed by atoms with Crippen LogP contribution in [0.2, 0.25) is 0 Å². The Balaban J connectivity index is -0.0000000503. The smallest absolute Gasteiger partial charge is 0.332 e. The summed E-state index contributed by atoms with van der Waals surface area (Å²) in [6, 6.07) is 0. The van der Waals surface area contributed by atoms with Crippen LogP contribution in [0.5, 0.6) is 0 Å². The Labute approximate surface area is 194 Å². The summed E-state index contributed by atoms with van der Waals surface area (Å²) in [5.41, 5.74) is 1.23. The van der Waals surface area contributed by atoms with Crippen molar-refractivity contribution in [2.45, 2.75) is 27.7 Å². The Morgan fingerprint density at radius 1 is 0.808 bits per heavy atom. The molecule has 0 amide bonds.